The van der Waals surface area contributed by atoms with Crippen LogP contribution >= 0.6 is 0 Å². The predicted octanol–water partition coefficient (Wildman–Crippen LogP) is 2.09. The lowest BCUT2D eigenvalue weighted by Crippen LogP contribution is -2.05. The minimum Gasteiger partial charge on any atom is -0.0499 e. The van der Waals surface area contributed by atoms with Gasteiger partial charge in [-0.1, -0.05) is 0 Å². The smallest absolute Gasteiger partial charge is 0.0168 e. The summed E-state index contributed by atoms with van der Waals surface area (Å²) >= 11 is 0. The summed E-state index contributed by atoms with van der Waals surface area (Å²) in [6, 6.07) is 0. The zero-order valence-electron chi connectivity index (χ0n) is 5.06. The lowest BCUT2D eigenvalue weighted by Gasteiger charge is -2.15. The van der Waals surface area contributed by atoms with Crippen LogP contribution in [0.15, 0.2) is 0 Å². The normalized spacial score (nSPS) is 45.0. The van der Waals surface area contributed by atoms with E-state index in [9.17, 15) is 0 Å². The average Bonchev–Trinajstić information content (AvgIpc) is 2.12. The van der Waals surface area contributed by atoms with Gasteiger partial charge in [-0.3, -0.25) is 0 Å². The van der Waals surface area contributed by atoms with E-state index in [1.165, 1.54) is 25.7 Å². The largest absolute Gasteiger partial charge is 0.0499 e. The molecular weight excluding hydrogens is 96.1 g/mol. The fourth-order valence-electron chi connectivity index (χ4n) is 1.80. The van der Waals surface area contributed by atoms with Gasteiger partial charge in [0.1, 0.15) is 0 Å². The first-order valence-corrected chi connectivity index (χ1v) is 3.51. The summed E-state index contributed by atoms with van der Waals surface area (Å²) in [5, 5.41) is 0. The van der Waals surface area contributed by atoms with Crippen LogP contribution in [0, 0.1) is 24.7 Å². The Morgan fingerprint density at radius 2 is 1.75 bits per heavy atom. The SMILES string of the molecule is [C]1CC2[CH]C(C1)CC2. The Labute approximate surface area is 51.3 Å². The third-order valence-corrected chi connectivity index (χ3v) is 2.27. The maximum Gasteiger partial charge on any atom is -0.0168 e. The fourth-order valence-corrected chi connectivity index (χ4v) is 1.80. The van der Waals surface area contributed by atoms with E-state index in [0.717, 1.165) is 11.8 Å². The Morgan fingerprint density at radius 1 is 1.12 bits per heavy atom. The molecule has 0 heteroatoms. The van der Waals surface area contributed by atoms with E-state index in [4.69, 9.17) is 0 Å². The van der Waals surface area contributed by atoms with Crippen molar-refractivity contribution < 1.29 is 0 Å². The summed E-state index contributed by atoms with van der Waals surface area (Å²) in [7, 11) is 0. The zero-order chi connectivity index (χ0) is 5.40. The third kappa shape index (κ3) is 0.667. The van der Waals surface area contributed by atoms with Crippen molar-refractivity contribution in [2.75, 3.05) is 0 Å². The van der Waals surface area contributed by atoms with Gasteiger partial charge in [-0.05, 0) is 50.4 Å². The lowest BCUT2D eigenvalue weighted by molar-refractivity contribution is 0.540. The Bertz CT molecular complexity index is 72.0. The van der Waals surface area contributed by atoms with Crippen molar-refractivity contribution in [2.45, 2.75) is 25.7 Å². The van der Waals surface area contributed by atoms with Crippen molar-refractivity contribution in [3.05, 3.63) is 12.8 Å². The minimum absolute atomic E-state index is 0.925. The Morgan fingerprint density at radius 3 is 2.25 bits per heavy atom. The highest BCUT2D eigenvalue weighted by Gasteiger charge is 2.28. The molecule has 2 fully saturated rings. The molecule has 0 spiro atoms. The van der Waals surface area contributed by atoms with Crippen LogP contribution in [-0.4, -0.2) is 0 Å². The molecule has 0 N–H and O–H groups in total. The van der Waals surface area contributed by atoms with Crippen molar-refractivity contribution in [1.29, 1.82) is 0 Å². The first-order valence-electron chi connectivity index (χ1n) is 3.51. The second kappa shape index (κ2) is 1.75. The lowest BCUT2D eigenvalue weighted by atomic mass is 9.89. The van der Waals surface area contributed by atoms with Gasteiger partial charge in [-0.2, -0.15) is 0 Å². The predicted molar refractivity (Wildman–Crippen MR) is 33.0 cm³/mol. The number of rotatable bonds is 0. The molecule has 0 nitrogen and oxygen atoms in total. The molecule has 0 aliphatic heterocycles. The molecule has 0 aromatic rings. The molecule has 2 aliphatic rings. The van der Waals surface area contributed by atoms with Crippen molar-refractivity contribution >= 4 is 0 Å². The average molecular weight is 107 g/mol. The van der Waals surface area contributed by atoms with Gasteiger partial charge < -0.3 is 0 Å². The van der Waals surface area contributed by atoms with Gasteiger partial charge >= 0.3 is 0 Å². The van der Waals surface area contributed by atoms with Crippen molar-refractivity contribution in [3.63, 3.8) is 0 Å². The number of fused-ring (bicyclic) bond motifs is 2. The number of hydrogen-bond donors (Lipinski definition) is 0. The van der Waals surface area contributed by atoms with Gasteiger partial charge in [0.25, 0.3) is 0 Å². The zero-order valence-corrected chi connectivity index (χ0v) is 5.06. The second-order valence-corrected chi connectivity index (χ2v) is 2.95. The van der Waals surface area contributed by atoms with E-state index in [2.05, 4.69) is 12.8 Å². The second-order valence-electron chi connectivity index (χ2n) is 2.95. The van der Waals surface area contributed by atoms with Crippen LogP contribution in [0.4, 0.5) is 0 Å². The molecule has 3 radical (unpaired) electrons. The van der Waals surface area contributed by atoms with E-state index in [1.807, 2.05) is 0 Å². The molecule has 0 aromatic heterocycles. The molecule has 8 heavy (non-hydrogen) atoms. The molecule has 2 rings (SSSR count). The maximum atomic E-state index is 3.42. The highest BCUT2D eigenvalue weighted by molar-refractivity contribution is 5.00. The molecule has 43 valence electrons. The Balaban J connectivity index is 2.03. The summed E-state index contributed by atoms with van der Waals surface area (Å²) in [6.07, 6.45) is 11.3. The first kappa shape index (κ1) is 4.84. The minimum atomic E-state index is 0.925. The first-order chi connectivity index (χ1) is 3.95. The molecule has 0 aromatic carbocycles. The van der Waals surface area contributed by atoms with Crippen molar-refractivity contribution in [3.8, 4) is 0 Å². The van der Waals surface area contributed by atoms with Gasteiger partial charge in [0.2, 0.25) is 0 Å². The molecule has 2 unspecified atom stereocenters. The molecule has 2 saturated carbocycles. The molecule has 2 bridgehead atoms. The van der Waals surface area contributed by atoms with Crippen LogP contribution in [0.5, 0.6) is 0 Å². The summed E-state index contributed by atoms with van der Waals surface area (Å²) in [4.78, 5) is 0. The molecule has 2 atom stereocenters. The van der Waals surface area contributed by atoms with E-state index in [1.54, 1.807) is 0 Å². The highest BCUT2D eigenvalue weighted by Crippen LogP contribution is 2.40. The summed E-state index contributed by atoms with van der Waals surface area (Å²) in [5.74, 6) is 1.85. The summed E-state index contributed by atoms with van der Waals surface area (Å²) in [5.41, 5.74) is 0. The van der Waals surface area contributed by atoms with Crippen molar-refractivity contribution in [1.82, 2.24) is 0 Å². The van der Waals surface area contributed by atoms with Gasteiger partial charge in [0, 0.05) is 0 Å². The quantitative estimate of drug-likeness (QED) is 0.444. The van der Waals surface area contributed by atoms with E-state index in [-0.39, 0.29) is 0 Å². The van der Waals surface area contributed by atoms with E-state index >= 15 is 0 Å². The van der Waals surface area contributed by atoms with E-state index in [0.29, 0.717) is 0 Å². The van der Waals surface area contributed by atoms with Gasteiger partial charge in [-0.15, -0.1) is 0 Å². The Hall–Kier alpha value is 0. The molecular formula is C8H11. The van der Waals surface area contributed by atoms with Gasteiger partial charge in [0.05, 0.1) is 0 Å². The molecule has 0 amide bonds. The molecule has 0 saturated heterocycles. The monoisotopic (exact) mass is 107 g/mol. The summed E-state index contributed by atoms with van der Waals surface area (Å²) in [6.45, 7) is 0. The van der Waals surface area contributed by atoms with Crippen LogP contribution in [-0.2, 0) is 0 Å². The van der Waals surface area contributed by atoms with Crippen molar-refractivity contribution in [2.24, 2.45) is 11.8 Å². The highest BCUT2D eigenvalue weighted by atomic mass is 14.3. The van der Waals surface area contributed by atoms with Crippen LogP contribution in [0.2, 0.25) is 0 Å². The van der Waals surface area contributed by atoms with Crippen LogP contribution in [0.25, 0.3) is 0 Å². The summed E-state index contributed by atoms with van der Waals surface area (Å²) < 4.78 is 0. The van der Waals surface area contributed by atoms with Gasteiger partial charge in [-0.25, -0.2) is 0 Å². The van der Waals surface area contributed by atoms with Crippen LogP contribution in [0.3, 0.4) is 0 Å². The van der Waals surface area contributed by atoms with E-state index < -0.39 is 0 Å². The Kier molecular flexibility index (Phi) is 1.06. The standard InChI is InChI=1S/C8H11/c1-2-7-4-5-8(3-1)6-7/h6-8H,2-5H2. The number of hydrogen-bond acceptors (Lipinski definition) is 0. The molecule has 2 aliphatic carbocycles. The van der Waals surface area contributed by atoms with Crippen LogP contribution < -0.4 is 0 Å². The van der Waals surface area contributed by atoms with Gasteiger partial charge in [0.15, 0.2) is 0 Å². The molecule has 0 heterocycles. The maximum absolute atomic E-state index is 3.42. The third-order valence-electron chi connectivity index (χ3n) is 2.27. The van der Waals surface area contributed by atoms with Crippen LogP contribution in [0.1, 0.15) is 25.7 Å². The fraction of sp³-hybridized carbons (Fsp3) is 0.750. The topological polar surface area (TPSA) is 0 Å².